The molecule has 2 fully saturated rings. The average Bonchev–Trinajstić information content (AvgIpc) is 2.55. The Kier molecular flexibility index (Phi) is 10.9. The number of nitrogens with one attached hydrogen (secondary N) is 1. The number of aliphatic imine (C=N–C) groups is 1. The zero-order valence-electron chi connectivity index (χ0n) is 14.1. The van der Waals surface area contributed by atoms with Crippen molar-refractivity contribution in [3.05, 3.63) is 0 Å². The van der Waals surface area contributed by atoms with Crippen molar-refractivity contribution in [2.24, 2.45) is 10.9 Å². The number of guanidine groups is 1. The lowest BCUT2D eigenvalue weighted by molar-refractivity contribution is 0.0646. The van der Waals surface area contributed by atoms with Gasteiger partial charge < -0.3 is 15.0 Å². The van der Waals surface area contributed by atoms with Crippen LogP contribution in [0, 0.1) is 5.92 Å². The lowest BCUT2D eigenvalue weighted by atomic mass is 9.97. The van der Waals surface area contributed by atoms with Crippen LogP contribution in [0.3, 0.4) is 0 Å². The first-order valence-corrected chi connectivity index (χ1v) is 9.61. The molecule has 2 heterocycles. The molecule has 130 valence electrons. The van der Waals surface area contributed by atoms with Crippen molar-refractivity contribution in [3.8, 4) is 0 Å². The molecule has 0 radical (unpaired) electrons. The van der Waals surface area contributed by atoms with Crippen molar-refractivity contribution in [1.29, 1.82) is 0 Å². The predicted octanol–water partition coefficient (Wildman–Crippen LogP) is 3.21. The summed E-state index contributed by atoms with van der Waals surface area (Å²) in [6, 6.07) is 0. The average molecular weight is 441 g/mol. The molecule has 1 atom stereocenters. The van der Waals surface area contributed by atoms with Crippen LogP contribution in [0.2, 0.25) is 0 Å². The number of nitrogens with zero attached hydrogens (tertiary/aromatic N) is 2. The van der Waals surface area contributed by atoms with Crippen LogP contribution in [0.25, 0.3) is 0 Å². The van der Waals surface area contributed by atoms with Crippen LogP contribution in [0.5, 0.6) is 0 Å². The van der Waals surface area contributed by atoms with Crippen molar-refractivity contribution < 1.29 is 4.74 Å². The second-order valence-corrected chi connectivity index (χ2v) is 7.34. The molecule has 2 aliphatic heterocycles. The molecule has 4 nitrogen and oxygen atoms in total. The molecule has 22 heavy (non-hydrogen) atoms. The summed E-state index contributed by atoms with van der Waals surface area (Å²) in [5.41, 5.74) is 0. The summed E-state index contributed by atoms with van der Waals surface area (Å²) >= 11 is 2.11. The van der Waals surface area contributed by atoms with Gasteiger partial charge in [-0.3, -0.25) is 4.99 Å². The van der Waals surface area contributed by atoms with E-state index in [0.29, 0.717) is 0 Å². The summed E-state index contributed by atoms with van der Waals surface area (Å²) in [6.45, 7) is 10.5. The standard InChI is InChI=1S/C16H31N3OS.HI/c1-3-15-13-19(9-12-21-15)16(17-4-2)18-8-5-14-6-10-20-11-7-14;/h14-15H,3-13H2,1-2H3,(H,17,18);1H. The highest BCUT2D eigenvalue weighted by atomic mass is 127. The molecule has 0 aromatic rings. The Morgan fingerprint density at radius 2 is 2.09 bits per heavy atom. The van der Waals surface area contributed by atoms with Crippen molar-refractivity contribution in [3.63, 3.8) is 0 Å². The van der Waals surface area contributed by atoms with Gasteiger partial charge in [-0.1, -0.05) is 6.92 Å². The van der Waals surface area contributed by atoms with Gasteiger partial charge in [-0.15, -0.1) is 24.0 Å². The zero-order valence-corrected chi connectivity index (χ0v) is 17.2. The quantitative estimate of drug-likeness (QED) is 0.404. The summed E-state index contributed by atoms with van der Waals surface area (Å²) in [4.78, 5) is 7.34. The summed E-state index contributed by atoms with van der Waals surface area (Å²) in [7, 11) is 0. The third kappa shape index (κ3) is 6.83. The molecule has 2 aliphatic rings. The fourth-order valence-electron chi connectivity index (χ4n) is 2.97. The molecule has 6 heteroatoms. The van der Waals surface area contributed by atoms with Crippen LogP contribution in [0.15, 0.2) is 4.99 Å². The molecular formula is C16H32IN3OS. The van der Waals surface area contributed by atoms with E-state index in [1.807, 2.05) is 0 Å². The van der Waals surface area contributed by atoms with Gasteiger partial charge in [0.05, 0.1) is 0 Å². The molecule has 0 spiro atoms. The Bertz CT molecular complexity index is 325. The van der Waals surface area contributed by atoms with Gasteiger partial charge in [0.15, 0.2) is 5.96 Å². The number of hydrogen-bond donors (Lipinski definition) is 1. The summed E-state index contributed by atoms with van der Waals surface area (Å²) < 4.78 is 5.43. The molecular weight excluding hydrogens is 409 g/mol. The maximum Gasteiger partial charge on any atom is 0.193 e. The molecule has 0 aromatic carbocycles. The number of rotatable bonds is 5. The summed E-state index contributed by atoms with van der Waals surface area (Å²) in [5.74, 6) is 3.16. The van der Waals surface area contributed by atoms with Gasteiger partial charge in [-0.05, 0) is 38.5 Å². The van der Waals surface area contributed by atoms with Crippen molar-refractivity contribution >= 4 is 41.7 Å². The van der Waals surface area contributed by atoms with E-state index >= 15 is 0 Å². The molecule has 0 aromatic heterocycles. The fraction of sp³-hybridized carbons (Fsp3) is 0.938. The fourth-order valence-corrected chi connectivity index (χ4v) is 4.15. The minimum Gasteiger partial charge on any atom is -0.381 e. The molecule has 0 bridgehead atoms. The van der Waals surface area contributed by atoms with Gasteiger partial charge in [0.25, 0.3) is 0 Å². The van der Waals surface area contributed by atoms with Gasteiger partial charge in [0.2, 0.25) is 0 Å². The molecule has 0 aliphatic carbocycles. The number of hydrogen-bond acceptors (Lipinski definition) is 3. The normalized spacial score (nSPS) is 24.0. The Labute approximate surface area is 157 Å². The smallest absolute Gasteiger partial charge is 0.193 e. The van der Waals surface area contributed by atoms with E-state index in [-0.39, 0.29) is 24.0 Å². The Balaban J connectivity index is 0.00000242. The van der Waals surface area contributed by atoms with Gasteiger partial charge in [0, 0.05) is 50.4 Å². The van der Waals surface area contributed by atoms with Gasteiger partial charge in [0.1, 0.15) is 0 Å². The Hall–Kier alpha value is 0.310. The minimum absolute atomic E-state index is 0. The van der Waals surface area contributed by atoms with Crippen LogP contribution >= 0.6 is 35.7 Å². The molecule has 1 unspecified atom stereocenters. The van der Waals surface area contributed by atoms with Gasteiger partial charge in [-0.2, -0.15) is 11.8 Å². The van der Waals surface area contributed by atoms with E-state index in [4.69, 9.17) is 9.73 Å². The first-order chi connectivity index (χ1) is 10.3. The Morgan fingerprint density at radius 3 is 2.77 bits per heavy atom. The van der Waals surface area contributed by atoms with Crippen molar-refractivity contribution in [1.82, 2.24) is 10.2 Å². The lowest BCUT2D eigenvalue weighted by Gasteiger charge is -2.34. The topological polar surface area (TPSA) is 36.9 Å². The molecule has 2 saturated heterocycles. The SMILES string of the molecule is CCNC(=NCCC1CCOCC1)N1CCSC(CC)C1.I. The first kappa shape index (κ1) is 20.4. The summed E-state index contributed by atoms with van der Waals surface area (Å²) in [6.07, 6.45) is 4.88. The third-order valence-electron chi connectivity index (χ3n) is 4.37. The molecule has 1 N–H and O–H groups in total. The van der Waals surface area contributed by atoms with Crippen LogP contribution in [-0.4, -0.2) is 61.3 Å². The second-order valence-electron chi connectivity index (χ2n) is 5.93. The predicted molar refractivity (Wildman–Crippen MR) is 108 cm³/mol. The monoisotopic (exact) mass is 441 g/mol. The van der Waals surface area contributed by atoms with Crippen molar-refractivity contribution in [2.45, 2.75) is 44.8 Å². The number of ether oxygens (including phenoxy) is 1. The number of halogens is 1. The van der Waals surface area contributed by atoms with E-state index in [1.165, 1.54) is 31.4 Å². The number of thioether (sulfide) groups is 1. The third-order valence-corrected chi connectivity index (χ3v) is 5.74. The molecule has 2 rings (SSSR count). The van der Waals surface area contributed by atoms with E-state index in [9.17, 15) is 0 Å². The van der Waals surface area contributed by atoms with E-state index in [2.05, 4.69) is 35.8 Å². The maximum absolute atomic E-state index is 5.43. The van der Waals surface area contributed by atoms with E-state index in [1.54, 1.807) is 0 Å². The molecule has 0 saturated carbocycles. The van der Waals surface area contributed by atoms with Gasteiger partial charge in [-0.25, -0.2) is 0 Å². The van der Waals surface area contributed by atoms with Crippen molar-refractivity contribution in [2.75, 3.05) is 45.1 Å². The first-order valence-electron chi connectivity index (χ1n) is 8.56. The van der Waals surface area contributed by atoms with E-state index < -0.39 is 0 Å². The van der Waals surface area contributed by atoms with E-state index in [0.717, 1.165) is 56.5 Å². The van der Waals surface area contributed by atoms with Crippen LogP contribution in [0.1, 0.15) is 39.5 Å². The zero-order chi connectivity index (χ0) is 14.9. The summed E-state index contributed by atoms with van der Waals surface area (Å²) in [5, 5.41) is 4.24. The highest BCUT2D eigenvalue weighted by Crippen LogP contribution is 2.21. The largest absolute Gasteiger partial charge is 0.381 e. The Morgan fingerprint density at radius 1 is 1.32 bits per heavy atom. The van der Waals surface area contributed by atoms with Crippen LogP contribution < -0.4 is 5.32 Å². The second kappa shape index (κ2) is 11.8. The van der Waals surface area contributed by atoms with Gasteiger partial charge >= 0.3 is 0 Å². The highest BCUT2D eigenvalue weighted by molar-refractivity contribution is 14.0. The van der Waals surface area contributed by atoms with Crippen LogP contribution in [0.4, 0.5) is 0 Å². The highest BCUT2D eigenvalue weighted by Gasteiger charge is 2.21. The maximum atomic E-state index is 5.43. The lowest BCUT2D eigenvalue weighted by Crippen LogP contribution is -2.48. The van der Waals surface area contributed by atoms with Crippen LogP contribution in [-0.2, 0) is 4.74 Å². The minimum atomic E-state index is 0. The molecule has 0 amide bonds.